The second-order valence-corrected chi connectivity index (χ2v) is 8.46. The summed E-state index contributed by atoms with van der Waals surface area (Å²) in [6.45, 7) is 7.20. The zero-order valence-electron chi connectivity index (χ0n) is 17.4. The fourth-order valence-corrected chi connectivity index (χ4v) is 4.34. The molecule has 1 saturated heterocycles. The Morgan fingerprint density at radius 3 is 2.66 bits per heavy atom. The monoisotopic (exact) mass is 455 g/mol. The summed E-state index contributed by atoms with van der Waals surface area (Å²) < 4.78 is 0. The second kappa shape index (κ2) is 12.0. The van der Waals surface area contributed by atoms with Gasteiger partial charge >= 0.3 is 0 Å². The van der Waals surface area contributed by atoms with Crippen LogP contribution in [-0.2, 0) is 6.54 Å². The Morgan fingerprint density at radius 1 is 1.24 bits per heavy atom. The minimum Gasteiger partial charge on any atom is -0.322 e. The lowest BCUT2D eigenvalue weighted by atomic mass is 10.2. The predicted molar refractivity (Wildman–Crippen MR) is 126 cm³/mol. The summed E-state index contributed by atoms with van der Waals surface area (Å²) in [5, 5.41) is 0.537. The predicted octanol–water partition coefficient (Wildman–Crippen LogP) is 4.65. The molecule has 0 saturated carbocycles. The zero-order valence-corrected chi connectivity index (χ0v) is 19.8. The van der Waals surface area contributed by atoms with E-state index in [1.165, 1.54) is 18.4 Å². The highest BCUT2D eigenvalue weighted by Gasteiger charge is 2.31. The summed E-state index contributed by atoms with van der Waals surface area (Å²) in [7, 11) is 2.19. The summed E-state index contributed by atoms with van der Waals surface area (Å²) in [5.74, 6) is 0.725. The van der Waals surface area contributed by atoms with Crippen molar-refractivity contribution in [3.8, 4) is 0 Å². The Bertz CT molecular complexity index is 749. The van der Waals surface area contributed by atoms with Gasteiger partial charge in [0.1, 0.15) is 5.15 Å². The molecular formula is C21H31Cl2N5S. The van der Waals surface area contributed by atoms with Crippen molar-refractivity contribution in [3.05, 3.63) is 47.2 Å². The van der Waals surface area contributed by atoms with Crippen LogP contribution >= 0.6 is 35.8 Å². The molecule has 2 aromatic rings. The average molecular weight is 456 g/mol. The fraction of sp³-hybridized carbons (Fsp3) is 0.524. The first-order valence-electron chi connectivity index (χ1n) is 9.92. The van der Waals surface area contributed by atoms with Crippen LogP contribution in [0.25, 0.3) is 0 Å². The van der Waals surface area contributed by atoms with E-state index in [0.29, 0.717) is 5.15 Å². The van der Waals surface area contributed by atoms with Crippen molar-refractivity contribution >= 4 is 41.7 Å². The highest BCUT2D eigenvalue weighted by molar-refractivity contribution is 7.98. The minimum absolute atomic E-state index is 0. The SMILES string of the molecule is CCCCN1CCN(c2ncc(SC)c(Cl)n2)C(N(C)Cc2ccccc2)C1.Cl. The van der Waals surface area contributed by atoms with Gasteiger partial charge in [0, 0.05) is 32.4 Å². The Hall–Kier alpha value is -1.05. The van der Waals surface area contributed by atoms with Crippen LogP contribution in [0.5, 0.6) is 0 Å². The highest BCUT2D eigenvalue weighted by Crippen LogP contribution is 2.27. The molecule has 1 unspecified atom stereocenters. The van der Waals surface area contributed by atoms with Crippen molar-refractivity contribution in [2.75, 3.05) is 44.4 Å². The lowest BCUT2D eigenvalue weighted by Crippen LogP contribution is -2.60. The van der Waals surface area contributed by atoms with Crippen molar-refractivity contribution in [1.82, 2.24) is 19.8 Å². The average Bonchev–Trinajstić information content (AvgIpc) is 2.72. The maximum absolute atomic E-state index is 6.38. The summed E-state index contributed by atoms with van der Waals surface area (Å²) in [6, 6.07) is 10.6. The van der Waals surface area contributed by atoms with Gasteiger partial charge < -0.3 is 4.90 Å². The number of hydrogen-bond acceptors (Lipinski definition) is 6. The van der Waals surface area contributed by atoms with E-state index in [4.69, 9.17) is 11.6 Å². The van der Waals surface area contributed by atoms with E-state index in [9.17, 15) is 0 Å². The lowest BCUT2D eigenvalue weighted by Gasteiger charge is -2.45. The van der Waals surface area contributed by atoms with Gasteiger partial charge in [0.2, 0.25) is 5.95 Å². The number of aromatic nitrogens is 2. The number of benzene rings is 1. The molecule has 3 rings (SSSR count). The van der Waals surface area contributed by atoms with Crippen molar-refractivity contribution < 1.29 is 0 Å². The summed E-state index contributed by atoms with van der Waals surface area (Å²) >= 11 is 7.96. The van der Waals surface area contributed by atoms with E-state index in [2.05, 4.69) is 69.0 Å². The summed E-state index contributed by atoms with van der Waals surface area (Å²) in [6.07, 6.45) is 6.50. The Balaban J connectivity index is 0.00000300. The van der Waals surface area contributed by atoms with Crippen LogP contribution in [-0.4, -0.2) is 65.4 Å². The molecule has 0 spiro atoms. The maximum atomic E-state index is 6.38. The molecule has 8 heteroatoms. The van der Waals surface area contributed by atoms with E-state index in [-0.39, 0.29) is 18.6 Å². The van der Waals surface area contributed by atoms with Gasteiger partial charge in [-0.25, -0.2) is 4.98 Å². The molecule has 1 fully saturated rings. The largest absolute Gasteiger partial charge is 0.322 e. The smallest absolute Gasteiger partial charge is 0.228 e. The van der Waals surface area contributed by atoms with Gasteiger partial charge in [-0.15, -0.1) is 24.2 Å². The minimum atomic E-state index is 0. The number of halogens is 2. The molecule has 2 heterocycles. The van der Waals surface area contributed by atoms with Crippen LogP contribution in [0.4, 0.5) is 5.95 Å². The topological polar surface area (TPSA) is 35.5 Å². The summed E-state index contributed by atoms with van der Waals surface area (Å²) in [5.41, 5.74) is 1.31. The normalized spacial score (nSPS) is 17.4. The molecule has 0 N–H and O–H groups in total. The third-order valence-electron chi connectivity index (χ3n) is 5.23. The van der Waals surface area contributed by atoms with E-state index in [1.807, 2.05) is 12.5 Å². The molecule has 0 radical (unpaired) electrons. The highest BCUT2D eigenvalue weighted by atomic mass is 35.5. The number of hydrogen-bond donors (Lipinski definition) is 0. The van der Waals surface area contributed by atoms with Gasteiger partial charge in [-0.05, 0) is 31.8 Å². The molecule has 0 aliphatic carbocycles. The molecule has 1 aliphatic heterocycles. The second-order valence-electron chi connectivity index (χ2n) is 7.26. The van der Waals surface area contributed by atoms with Gasteiger partial charge in [-0.3, -0.25) is 9.80 Å². The number of piperazine rings is 1. The zero-order chi connectivity index (χ0) is 19.9. The van der Waals surface area contributed by atoms with E-state index in [0.717, 1.165) is 43.6 Å². The number of unbranched alkanes of at least 4 members (excludes halogenated alkanes) is 1. The number of rotatable bonds is 8. The quantitative estimate of drug-likeness (QED) is 0.425. The first kappa shape index (κ1) is 24.2. The molecule has 160 valence electrons. The molecule has 0 bridgehead atoms. The van der Waals surface area contributed by atoms with E-state index >= 15 is 0 Å². The van der Waals surface area contributed by atoms with Crippen molar-refractivity contribution in [1.29, 1.82) is 0 Å². The Kier molecular flexibility index (Phi) is 9.99. The first-order chi connectivity index (χ1) is 13.6. The van der Waals surface area contributed by atoms with Crippen LogP contribution in [0.3, 0.4) is 0 Å². The standard InChI is InChI=1S/C21H30ClN5S.ClH/c1-4-5-11-26-12-13-27(21-23-14-18(28-3)20(22)24-21)19(16-26)25(2)15-17-9-7-6-8-10-17;/h6-10,14,19H,4-5,11-13,15-16H2,1-3H3;1H. The summed E-state index contributed by atoms with van der Waals surface area (Å²) in [4.78, 5) is 17.4. The van der Waals surface area contributed by atoms with Gasteiger partial charge in [0.15, 0.2) is 0 Å². The van der Waals surface area contributed by atoms with Crippen molar-refractivity contribution in [2.24, 2.45) is 0 Å². The van der Waals surface area contributed by atoms with Crippen LogP contribution in [0, 0.1) is 0 Å². The Labute approximate surface area is 190 Å². The third-order valence-corrected chi connectivity index (χ3v) is 6.36. The molecule has 0 amide bonds. The number of anilines is 1. The lowest BCUT2D eigenvalue weighted by molar-refractivity contribution is 0.121. The molecule has 1 aliphatic rings. The Morgan fingerprint density at radius 2 is 2.00 bits per heavy atom. The molecule has 29 heavy (non-hydrogen) atoms. The molecule has 1 atom stereocenters. The van der Waals surface area contributed by atoms with E-state index in [1.54, 1.807) is 11.8 Å². The molecule has 5 nitrogen and oxygen atoms in total. The maximum Gasteiger partial charge on any atom is 0.228 e. The van der Waals surface area contributed by atoms with E-state index < -0.39 is 0 Å². The van der Waals surface area contributed by atoms with Crippen LogP contribution in [0.15, 0.2) is 41.4 Å². The first-order valence-corrected chi connectivity index (χ1v) is 11.5. The fourth-order valence-electron chi connectivity index (χ4n) is 3.61. The van der Waals surface area contributed by atoms with Crippen molar-refractivity contribution in [2.45, 2.75) is 37.4 Å². The van der Waals surface area contributed by atoms with Gasteiger partial charge in [0.25, 0.3) is 0 Å². The molecule has 1 aromatic carbocycles. The van der Waals surface area contributed by atoms with Crippen molar-refractivity contribution in [3.63, 3.8) is 0 Å². The van der Waals surface area contributed by atoms with Gasteiger partial charge in [0.05, 0.1) is 11.1 Å². The third kappa shape index (κ3) is 6.46. The van der Waals surface area contributed by atoms with Gasteiger partial charge in [-0.2, -0.15) is 4.98 Å². The van der Waals surface area contributed by atoms with Gasteiger partial charge in [-0.1, -0.05) is 55.3 Å². The molecular weight excluding hydrogens is 425 g/mol. The number of thioether (sulfide) groups is 1. The van der Waals surface area contributed by atoms with Crippen LogP contribution in [0.2, 0.25) is 5.15 Å². The number of nitrogens with zero attached hydrogens (tertiary/aromatic N) is 5. The van der Waals surface area contributed by atoms with Crippen LogP contribution < -0.4 is 4.90 Å². The molecule has 1 aromatic heterocycles. The number of likely N-dealkylation sites (N-methyl/N-ethyl adjacent to an activating group) is 1. The van der Waals surface area contributed by atoms with Crippen LogP contribution in [0.1, 0.15) is 25.3 Å².